The molecular formula is C134H114Ir2N6O4-2. The van der Waals surface area contributed by atoms with Crippen LogP contribution in [-0.4, -0.2) is 53.2 Å². The predicted molar refractivity (Wildman–Crippen MR) is 595 cm³/mol. The minimum atomic E-state index is -0.543. The molecule has 0 bridgehead atoms. The number of fused-ring (bicyclic) bond motifs is 6. The van der Waals surface area contributed by atoms with E-state index in [9.17, 15) is 9.90 Å². The molecule has 0 fully saturated rings. The van der Waals surface area contributed by atoms with Crippen molar-refractivity contribution in [3.8, 4) is 78.5 Å². The monoisotopic (exact) mass is 2260 g/mol. The molecule has 12 heteroatoms. The summed E-state index contributed by atoms with van der Waals surface area (Å²) >= 11 is 0. The molecule has 146 heavy (non-hydrogen) atoms. The van der Waals surface area contributed by atoms with Gasteiger partial charge in [-0.15, -0.1) is 71.8 Å². The maximum Gasteiger partial charge on any atom is 0.164 e. The number of aromatic nitrogens is 4. The van der Waals surface area contributed by atoms with Gasteiger partial charge >= 0.3 is 0 Å². The van der Waals surface area contributed by atoms with Crippen molar-refractivity contribution in [3.05, 3.63) is 541 Å². The number of allylic oxidation sites excluding steroid dienone is 2. The van der Waals surface area contributed by atoms with Crippen LogP contribution in [0.4, 0.5) is 34.1 Å². The van der Waals surface area contributed by atoms with Gasteiger partial charge in [-0.25, -0.2) is 4.98 Å². The molecule has 2 aliphatic rings. The van der Waals surface area contributed by atoms with E-state index in [1.165, 1.54) is 116 Å². The maximum atomic E-state index is 11.5. The van der Waals surface area contributed by atoms with Gasteiger partial charge in [0.1, 0.15) is 12.1 Å². The predicted octanol–water partition coefficient (Wildman–Crippen LogP) is 33.0. The SMILES string of the molecule is CC(C)(C)C(=O)C=C(O)C(C)(C)C.CC(O)CC(C)O.Cc1cccc(N(c2cccc(C3(c4ccccc4)c4ccccc4-c4ccccc43)c2)c2ccc3ccc4c(N(c5cccc(C)c5)c5cccc(C6(c7ccccc7)c7ccccc7-c7ccccc76)c5)ccc5ccc2c3c54)c1.[Ir].[Ir].[c-]1ccccc1-c1cc(-c2ccccc2)ncn1.[c-]1ccccc1-c1ncc(-c2ccccc2)nc1-c1ccccc1. The fraction of sp³-hybridized carbons (Fsp3) is 0.127. The summed E-state index contributed by atoms with van der Waals surface area (Å²) in [6.45, 7) is 18.8. The third-order valence-corrected chi connectivity index (χ3v) is 27.0. The minimum Gasteiger partial charge on any atom is -0.512 e. The van der Waals surface area contributed by atoms with E-state index in [-0.39, 0.29) is 69.4 Å². The van der Waals surface area contributed by atoms with Gasteiger partial charge in [0, 0.05) is 108 Å². The molecule has 21 aromatic rings. The van der Waals surface area contributed by atoms with Crippen LogP contribution in [0.2, 0.25) is 0 Å². The summed E-state index contributed by atoms with van der Waals surface area (Å²) in [4.78, 5) is 34.7. The van der Waals surface area contributed by atoms with Gasteiger partial charge < -0.3 is 30.1 Å². The van der Waals surface area contributed by atoms with Crippen LogP contribution in [-0.2, 0) is 55.8 Å². The van der Waals surface area contributed by atoms with Crippen LogP contribution in [0.3, 0.4) is 0 Å². The summed E-state index contributed by atoms with van der Waals surface area (Å²) < 4.78 is 0. The first-order valence-corrected chi connectivity index (χ1v) is 49.3. The van der Waals surface area contributed by atoms with Crippen LogP contribution in [0.5, 0.6) is 0 Å². The summed E-state index contributed by atoms with van der Waals surface area (Å²) in [6.07, 6.45) is 4.48. The first kappa shape index (κ1) is 102. The molecule has 10 nitrogen and oxygen atoms in total. The number of aryl methyl sites for hydroxylation is 2. The number of aliphatic hydroxyl groups excluding tert-OH is 3. The number of ketones is 1. The Morgan fingerprint density at radius 2 is 0.705 bits per heavy atom. The van der Waals surface area contributed by atoms with E-state index in [0.29, 0.717) is 6.42 Å². The number of rotatable bonds is 18. The Morgan fingerprint density at radius 3 is 1.10 bits per heavy atom. The van der Waals surface area contributed by atoms with Crippen LogP contribution in [0, 0.1) is 36.8 Å². The van der Waals surface area contributed by atoms with E-state index < -0.39 is 16.2 Å². The van der Waals surface area contributed by atoms with E-state index in [1.54, 1.807) is 20.2 Å². The number of anilines is 6. The molecule has 3 N–H and O–H groups in total. The van der Waals surface area contributed by atoms with Gasteiger partial charge in [0.25, 0.3) is 0 Å². The fourth-order valence-corrected chi connectivity index (χ4v) is 20.3. The molecule has 0 aliphatic heterocycles. The number of aliphatic hydroxyl groups is 3. The second kappa shape index (κ2) is 44.7. The Labute approximate surface area is 884 Å². The molecule has 2 radical (unpaired) electrons. The topological polar surface area (TPSA) is 136 Å². The summed E-state index contributed by atoms with van der Waals surface area (Å²) in [5.41, 5.74) is 32.1. The molecule has 19 aromatic carbocycles. The van der Waals surface area contributed by atoms with Crippen molar-refractivity contribution in [2.45, 2.75) is 98.7 Å². The number of carbonyl (C=O) groups is 1. The smallest absolute Gasteiger partial charge is 0.164 e. The van der Waals surface area contributed by atoms with E-state index >= 15 is 0 Å². The fourth-order valence-electron chi connectivity index (χ4n) is 20.3. The summed E-state index contributed by atoms with van der Waals surface area (Å²) in [7, 11) is 0. The number of benzene rings is 19. The molecule has 724 valence electrons. The van der Waals surface area contributed by atoms with Gasteiger partial charge in [0.2, 0.25) is 0 Å². The average molecular weight is 2260 g/mol. The summed E-state index contributed by atoms with van der Waals surface area (Å²) in [6, 6.07) is 168. The molecular weight excluding hydrogens is 2140 g/mol. The molecule has 2 aliphatic carbocycles. The van der Waals surface area contributed by atoms with Crippen molar-refractivity contribution in [2.75, 3.05) is 9.80 Å². The van der Waals surface area contributed by atoms with Gasteiger partial charge in [0.05, 0.1) is 51.5 Å². The van der Waals surface area contributed by atoms with Gasteiger partial charge in [-0.05, 0) is 211 Å². The average Bonchev–Trinajstić information content (AvgIpc) is 1.52. The summed E-state index contributed by atoms with van der Waals surface area (Å²) in [5.74, 6) is 0.104. The normalized spacial score (nSPS) is 12.7. The number of carbonyl (C=O) groups excluding carboxylic acids is 1. The zero-order valence-corrected chi connectivity index (χ0v) is 88.2. The molecule has 23 rings (SSSR count). The molecule has 2 atom stereocenters. The molecule has 2 unspecified atom stereocenters. The Morgan fingerprint density at radius 1 is 0.349 bits per heavy atom. The zero-order chi connectivity index (χ0) is 99.6. The van der Waals surface area contributed by atoms with E-state index in [1.807, 2.05) is 181 Å². The van der Waals surface area contributed by atoms with Crippen LogP contribution in [0.1, 0.15) is 117 Å². The van der Waals surface area contributed by atoms with Crippen molar-refractivity contribution in [3.63, 3.8) is 0 Å². The van der Waals surface area contributed by atoms with Gasteiger partial charge in [-0.2, -0.15) is 0 Å². The van der Waals surface area contributed by atoms with Crippen molar-refractivity contribution in [2.24, 2.45) is 10.8 Å². The maximum absolute atomic E-state index is 11.5. The second-order valence-corrected chi connectivity index (χ2v) is 39.2. The second-order valence-electron chi connectivity index (χ2n) is 39.2. The molecule has 0 amide bonds. The van der Waals surface area contributed by atoms with Gasteiger partial charge in [0.15, 0.2) is 5.78 Å². The Kier molecular flexibility index (Phi) is 31.2. The largest absolute Gasteiger partial charge is 0.512 e. The van der Waals surface area contributed by atoms with Crippen molar-refractivity contribution >= 4 is 72.2 Å². The third-order valence-electron chi connectivity index (χ3n) is 27.0. The Balaban J connectivity index is 0.000000182. The standard InChI is InChI=1S/C80H56N2.C22H15N2.C16H11N2.C11H20O2.C5H12O2.2Ir/c1-53-21-17-29-61(49-53)81(63-31-19-27-59(51-63)79(57-23-5-3-6-24-57)71-37-13-9-33-65(71)66-34-10-14-38-72(66)79)75-47-43-55-42-46-70-76(48-44-56-41-45-69(75)77(55)78(56)70)82(62-30-18-22-54(2)50-62)64-32-20-28-60(52-64)80(58-25-7-4-8-26-58)73-39-15-11-35-67(73)68-36-12-16-40-74(68)80;1-4-10-17(11-5-1)20-16-23-21(18-12-6-2-7-13-18)22(24-20)19-14-8-3-9-15-19;1-3-7-13(8-4-1)15-11-16(18-12-17-15)14-9-5-2-6-10-14;1-10(2,3)8(12)7-9(13)11(4,5)6;1-4(6)3-5(2)7;;/h3-52H,1-2H3;1-12,14-16H;1-9,11-12H;7,12H,1-6H3;4-7H,3H2,1-2H3;;/q;2*-1;;;;. The molecule has 0 spiro atoms. The molecule has 2 aromatic heterocycles. The molecule has 2 heterocycles. The Hall–Kier alpha value is -15.6. The quantitative estimate of drug-likeness (QED) is 0.0330. The molecule has 0 saturated heterocycles. The van der Waals surface area contributed by atoms with Crippen LogP contribution >= 0.6 is 0 Å². The van der Waals surface area contributed by atoms with Crippen molar-refractivity contribution in [1.29, 1.82) is 0 Å². The minimum absolute atomic E-state index is 0. The summed E-state index contributed by atoms with van der Waals surface area (Å²) in [5, 5.41) is 34.0. The first-order chi connectivity index (χ1) is 70.0. The number of nitrogens with zero attached hydrogens (tertiary/aromatic N) is 6. The first-order valence-electron chi connectivity index (χ1n) is 49.3. The zero-order valence-electron chi connectivity index (χ0n) is 83.4. The number of hydrogen-bond donors (Lipinski definition) is 3. The van der Waals surface area contributed by atoms with Crippen molar-refractivity contribution < 1.29 is 60.3 Å². The molecule has 0 saturated carbocycles. The van der Waals surface area contributed by atoms with Crippen molar-refractivity contribution in [1.82, 2.24) is 19.9 Å². The van der Waals surface area contributed by atoms with Gasteiger partial charge in [-0.3, -0.25) is 14.8 Å². The van der Waals surface area contributed by atoms with E-state index in [2.05, 4.69) is 361 Å². The Bertz CT molecular complexity index is 7680. The van der Waals surface area contributed by atoms with E-state index in [4.69, 9.17) is 20.2 Å². The van der Waals surface area contributed by atoms with Crippen LogP contribution < -0.4 is 9.80 Å². The van der Waals surface area contributed by atoms with Gasteiger partial charge in [-0.1, -0.05) is 381 Å². The number of hydrogen-bond acceptors (Lipinski definition) is 10. The van der Waals surface area contributed by atoms with Crippen LogP contribution in [0.15, 0.2) is 473 Å². The third kappa shape index (κ3) is 21.0. The van der Waals surface area contributed by atoms with E-state index in [0.717, 1.165) is 90.4 Å². The van der Waals surface area contributed by atoms with Crippen LogP contribution in [0.25, 0.3) is 111 Å².